The Balaban J connectivity index is 1.92. The number of amides is 1. The van der Waals surface area contributed by atoms with Crippen molar-refractivity contribution in [2.75, 3.05) is 7.11 Å². The van der Waals surface area contributed by atoms with Crippen molar-refractivity contribution < 1.29 is 37.0 Å². The Morgan fingerprint density at radius 1 is 1.23 bits per heavy atom. The van der Waals surface area contributed by atoms with Crippen LogP contribution in [0.1, 0.15) is 58.5 Å². The number of halogens is 3. The number of Topliss-reactive ketones (excluding diaryl/α,β-unsaturated/α-hetero) is 1. The first kappa shape index (κ1) is 28.2. The largest absolute Gasteiger partial charge is 0.507 e. The lowest BCUT2D eigenvalue weighted by Gasteiger charge is -2.10. The number of rotatable bonds is 12. The number of methoxy groups -OCH3 is 1. The Bertz CT molecular complexity index is 1090. The van der Waals surface area contributed by atoms with Gasteiger partial charge in [0.1, 0.15) is 17.1 Å². The van der Waals surface area contributed by atoms with Crippen LogP contribution < -0.4 is 10.9 Å². The number of aryl methyl sites for hydroxylation is 2. The van der Waals surface area contributed by atoms with Crippen LogP contribution in [0.15, 0.2) is 39.7 Å². The fourth-order valence-corrected chi connectivity index (χ4v) is 4.50. The van der Waals surface area contributed by atoms with E-state index >= 15 is 0 Å². The van der Waals surface area contributed by atoms with E-state index in [9.17, 15) is 32.7 Å². The molecule has 192 valence electrons. The van der Waals surface area contributed by atoms with E-state index in [0.29, 0.717) is 25.7 Å². The van der Waals surface area contributed by atoms with E-state index in [1.807, 2.05) is 0 Å². The lowest BCUT2D eigenvalue weighted by molar-refractivity contribution is -0.135. The molecule has 2 aromatic rings. The number of carbonyl (C=O) groups is 2. The van der Waals surface area contributed by atoms with Crippen molar-refractivity contribution in [1.29, 1.82) is 0 Å². The van der Waals surface area contributed by atoms with Gasteiger partial charge in [-0.05, 0) is 44.2 Å². The molecular formula is C24H28F3NO6S. The van der Waals surface area contributed by atoms with Crippen molar-refractivity contribution in [3.63, 3.8) is 0 Å². The molecule has 2 heterocycles. The van der Waals surface area contributed by atoms with Gasteiger partial charge in [-0.2, -0.15) is 13.2 Å². The van der Waals surface area contributed by atoms with Gasteiger partial charge in [-0.1, -0.05) is 13.0 Å². The second-order valence-corrected chi connectivity index (χ2v) is 9.25. The summed E-state index contributed by atoms with van der Waals surface area (Å²) in [4.78, 5) is 37.7. The molecule has 1 amide bonds. The van der Waals surface area contributed by atoms with Crippen LogP contribution in [0.25, 0.3) is 0 Å². The summed E-state index contributed by atoms with van der Waals surface area (Å²) in [5.74, 6) is -1.42. The molecule has 0 aliphatic rings. The van der Waals surface area contributed by atoms with Gasteiger partial charge >= 0.3 is 17.9 Å². The SMILES string of the molecule is COC(=O)N/C=C/CCCc1cc(O)c(C(=O)C(C)Cc2ccc(CCCC(F)(F)F)s2)c(=O)o1. The van der Waals surface area contributed by atoms with Gasteiger partial charge in [-0.15, -0.1) is 11.3 Å². The number of aromatic hydroxyl groups is 1. The zero-order chi connectivity index (χ0) is 26.0. The summed E-state index contributed by atoms with van der Waals surface area (Å²) in [6, 6.07) is 4.76. The van der Waals surface area contributed by atoms with E-state index in [4.69, 9.17) is 4.42 Å². The lowest BCUT2D eigenvalue weighted by Crippen LogP contribution is -2.22. The molecule has 0 bridgehead atoms. The van der Waals surface area contributed by atoms with Crippen molar-refractivity contribution in [2.45, 2.75) is 58.0 Å². The minimum Gasteiger partial charge on any atom is -0.507 e. The summed E-state index contributed by atoms with van der Waals surface area (Å²) in [6.45, 7) is 1.62. The molecule has 1 unspecified atom stereocenters. The van der Waals surface area contributed by atoms with Crippen LogP contribution in [0.2, 0.25) is 0 Å². The van der Waals surface area contributed by atoms with Crippen LogP contribution in [0.4, 0.5) is 18.0 Å². The Hall–Kier alpha value is -3.08. The average molecular weight is 516 g/mol. The van der Waals surface area contributed by atoms with Crippen LogP contribution in [0, 0.1) is 5.92 Å². The topological polar surface area (TPSA) is 106 Å². The van der Waals surface area contributed by atoms with Crippen molar-refractivity contribution in [3.05, 3.63) is 62.0 Å². The number of carbonyl (C=O) groups excluding carboxylic acids is 2. The van der Waals surface area contributed by atoms with Gasteiger partial charge in [0, 0.05) is 40.8 Å². The molecule has 1 atom stereocenters. The highest BCUT2D eigenvalue weighted by Crippen LogP contribution is 2.27. The maximum Gasteiger partial charge on any atom is 0.410 e. The monoisotopic (exact) mass is 515 g/mol. The molecule has 0 saturated heterocycles. The number of alkyl halides is 3. The van der Waals surface area contributed by atoms with Crippen molar-refractivity contribution in [3.8, 4) is 5.75 Å². The van der Waals surface area contributed by atoms with Crippen LogP contribution >= 0.6 is 11.3 Å². The van der Waals surface area contributed by atoms with Gasteiger partial charge in [0.2, 0.25) is 0 Å². The van der Waals surface area contributed by atoms with Crippen LogP contribution in [-0.2, 0) is 24.0 Å². The van der Waals surface area contributed by atoms with Crippen LogP contribution in [0.3, 0.4) is 0 Å². The lowest BCUT2D eigenvalue weighted by atomic mass is 9.96. The minimum atomic E-state index is -4.18. The molecule has 0 spiro atoms. The molecule has 0 aliphatic carbocycles. The molecule has 0 saturated carbocycles. The maximum atomic E-state index is 12.8. The summed E-state index contributed by atoms with van der Waals surface area (Å²) in [6.07, 6.45) is -0.439. The zero-order valence-electron chi connectivity index (χ0n) is 19.4. The quantitative estimate of drug-likeness (QED) is 0.284. The number of hydrogen-bond acceptors (Lipinski definition) is 7. The predicted molar refractivity (Wildman–Crippen MR) is 125 cm³/mol. The number of allylic oxidation sites excluding steroid dienone is 1. The highest BCUT2D eigenvalue weighted by atomic mass is 32.1. The normalized spacial score (nSPS) is 12.6. The third-order valence-electron chi connectivity index (χ3n) is 5.08. The zero-order valence-corrected chi connectivity index (χ0v) is 20.3. The number of ether oxygens (including phenoxy) is 1. The molecule has 7 nitrogen and oxygen atoms in total. The van der Waals surface area contributed by atoms with Gasteiger partial charge in [-0.25, -0.2) is 9.59 Å². The van der Waals surface area contributed by atoms with E-state index in [0.717, 1.165) is 9.75 Å². The molecule has 0 aliphatic heterocycles. The average Bonchev–Trinajstić information content (AvgIpc) is 3.21. The molecule has 2 rings (SSSR count). The van der Waals surface area contributed by atoms with Crippen molar-refractivity contribution in [1.82, 2.24) is 5.32 Å². The van der Waals surface area contributed by atoms with Gasteiger partial charge in [-0.3, -0.25) is 10.1 Å². The maximum absolute atomic E-state index is 12.8. The summed E-state index contributed by atoms with van der Waals surface area (Å²) in [7, 11) is 1.25. The first-order valence-corrected chi connectivity index (χ1v) is 11.9. The molecule has 0 radical (unpaired) electrons. The third kappa shape index (κ3) is 9.59. The number of nitrogens with one attached hydrogen (secondary N) is 1. The number of alkyl carbamates (subject to hydrolysis) is 1. The fourth-order valence-electron chi connectivity index (χ4n) is 3.31. The first-order valence-electron chi connectivity index (χ1n) is 11.0. The number of unbranched alkanes of at least 4 members (excludes halogenated alkanes) is 1. The van der Waals surface area contributed by atoms with E-state index in [1.165, 1.54) is 30.7 Å². The van der Waals surface area contributed by atoms with Crippen molar-refractivity contribution in [2.24, 2.45) is 5.92 Å². The molecule has 0 aromatic carbocycles. The highest BCUT2D eigenvalue weighted by Gasteiger charge is 2.27. The molecule has 0 fully saturated rings. The van der Waals surface area contributed by atoms with Gasteiger partial charge in [0.25, 0.3) is 0 Å². The van der Waals surface area contributed by atoms with Gasteiger partial charge in [0.15, 0.2) is 5.78 Å². The highest BCUT2D eigenvalue weighted by molar-refractivity contribution is 7.12. The Morgan fingerprint density at radius 2 is 1.94 bits per heavy atom. The molecule has 2 N–H and O–H groups in total. The standard InChI is InChI=1S/C24H28F3NO6S/c1-15(13-18-10-9-17(35-18)8-6-11-24(25,26)27)21(30)20-19(29)14-16(34-22(20)31)7-4-3-5-12-28-23(32)33-2/h5,9-10,12,14-15,29H,3-4,6-8,11,13H2,1-2H3,(H,28,32)/b12-5+. The van der Waals surface area contributed by atoms with Gasteiger partial charge in [0.05, 0.1) is 7.11 Å². The van der Waals surface area contributed by atoms with Crippen LogP contribution in [-0.4, -0.2) is 30.3 Å². The van der Waals surface area contributed by atoms with E-state index in [1.54, 1.807) is 25.1 Å². The first-order chi connectivity index (χ1) is 16.5. The summed E-state index contributed by atoms with van der Waals surface area (Å²) >= 11 is 1.33. The van der Waals surface area contributed by atoms with E-state index in [2.05, 4.69) is 10.1 Å². The number of thiophene rings is 1. The predicted octanol–water partition coefficient (Wildman–Crippen LogP) is 5.55. The second kappa shape index (κ2) is 13.1. The molecule has 2 aromatic heterocycles. The third-order valence-corrected chi connectivity index (χ3v) is 6.25. The Morgan fingerprint density at radius 3 is 2.60 bits per heavy atom. The molecule has 35 heavy (non-hydrogen) atoms. The second-order valence-electron chi connectivity index (χ2n) is 8.00. The summed E-state index contributed by atoms with van der Waals surface area (Å²) in [5.41, 5.74) is -1.33. The number of ketones is 1. The van der Waals surface area contributed by atoms with E-state index in [-0.39, 0.29) is 18.6 Å². The minimum absolute atomic E-state index is 0.000127. The molecule has 11 heteroatoms. The number of hydrogen-bond donors (Lipinski definition) is 2. The molecular weight excluding hydrogens is 487 g/mol. The Labute approximate surface area is 204 Å². The summed E-state index contributed by atoms with van der Waals surface area (Å²) < 4.78 is 46.6. The smallest absolute Gasteiger partial charge is 0.410 e. The summed E-state index contributed by atoms with van der Waals surface area (Å²) in [5, 5.41) is 12.7. The van der Waals surface area contributed by atoms with Gasteiger partial charge < -0.3 is 14.3 Å². The fraction of sp³-hybridized carbons (Fsp3) is 0.458. The van der Waals surface area contributed by atoms with Crippen LogP contribution in [0.5, 0.6) is 5.75 Å². The van der Waals surface area contributed by atoms with Crippen molar-refractivity contribution >= 4 is 23.2 Å². The Kier molecular flexibility index (Phi) is 10.6. The van der Waals surface area contributed by atoms with E-state index < -0.39 is 47.3 Å².